The van der Waals surface area contributed by atoms with Gasteiger partial charge in [0.1, 0.15) is 0 Å². The minimum Gasteiger partial charge on any atom is -0.472 e. The number of aliphatic hydroxyl groups is 1. The standard InChI is InChI=1S/C12H18O2/c1-12(5-2-3-6-12)8-11(13)10-4-7-14-9-10/h4,7,9,11,13H,2-3,5-6,8H2,1H3. The van der Waals surface area contributed by atoms with E-state index in [0.717, 1.165) is 12.0 Å². The third kappa shape index (κ3) is 2.01. The smallest absolute Gasteiger partial charge is 0.0960 e. The van der Waals surface area contributed by atoms with Crippen molar-refractivity contribution in [3.63, 3.8) is 0 Å². The van der Waals surface area contributed by atoms with E-state index >= 15 is 0 Å². The van der Waals surface area contributed by atoms with Crippen molar-refractivity contribution in [2.75, 3.05) is 0 Å². The highest BCUT2D eigenvalue weighted by atomic mass is 16.3. The Kier molecular flexibility index (Phi) is 2.64. The maximum Gasteiger partial charge on any atom is 0.0960 e. The van der Waals surface area contributed by atoms with E-state index in [4.69, 9.17) is 4.42 Å². The molecule has 0 aromatic carbocycles. The molecular weight excluding hydrogens is 176 g/mol. The predicted molar refractivity (Wildman–Crippen MR) is 54.9 cm³/mol. The van der Waals surface area contributed by atoms with Crippen LogP contribution in [0.4, 0.5) is 0 Å². The molecular formula is C12H18O2. The summed E-state index contributed by atoms with van der Waals surface area (Å²) in [4.78, 5) is 0. The van der Waals surface area contributed by atoms with E-state index in [9.17, 15) is 5.11 Å². The molecule has 0 radical (unpaired) electrons. The van der Waals surface area contributed by atoms with Crippen molar-refractivity contribution < 1.29 is 9.52 Å². The van der Waals surface area contributed by atoms with E-state index in [1.54, 1.807) is 12.5 Å². The van der Waals surface area contributed by atoms with Crippen LogP contribution in [0.25, 0.3) is 0 Å². The van der Waals surface area contributed by atoms with Crippen LogP contribution in [-0.4, -0.2) is 5.11 Å². The minimum atomic E-state index is -0.350. The van der Waals surface area contributed by atoms with Crippen LogP contribution >= 0.6 is 0 Å². The van der Waals surface area contributed by atoms with Gasteiger partial charge in [-0.05, 0) is 30.7 Å². The quantitative estimate of drug-likeness (QED) is 0.801. The van der Waals surface area contributed by atoms with Gasteiger partial charge in [-0.25, -0.2) is 0 Å². The zero-order valence-corrected chi connectivity index (χ0v) is 8.70. The Morgan fingerprint density at radius 2 is 2.21 bits per heavy atom. The van der Waals surface area contributed by atoms with Gasteiger partial charge >= 0.3 is 0 Å². The third-order valence-corrected chi connectivity index (χ3v) is 3.42. The summed E-state index contributed by atoms with van der Waals surface area (Å²) in [7, 11) is 0. The highest BCUT2D eigenvalue weighted by Crippen LogP contribution is 2.43. The predicted octanol–water partition coefficient (Wildman–Crippen LogP) is 3.28. The molecule has 1 aliphatic rings. The average Bonchev–Trinajstić information content (AvgIpc) is 2.74. The van der Waals surface area contributed by atoms with Gasteiger partial charge in [0.15, 0.2) is 0 Å². The molecule has 0 aliphatic heterocycles. The molecule has 2 heteroatoms. The summed E-state index contributed by atoms with van der Waals surface area (Å²) in [5.74, 6) is 0. The minimum absolute atomic E-state index is 0.344. The van der Waals surface area contributed by atoms with E-state index in [-0.39, 0.29) is 6.10 Å². The highest BCUT2D eigenvalue weighted by molar-refractivity contribution is 5.09. The van der Waals surface area contributed by atoms with Crippen LogP contribution in [0.1, 0.15) is 50.7 Å². The molecule has 1 aromatic rings. The molecule has 1 atom stereocenters. The first-order valence-electron chi connectivity index (χ1n) is 5.40. The Bertz CT molecular complexity index is 271. The first kappa shape index (κ1) is 9.78. The Labute approximate surface area is 84.9 Å². The molecule has 0 saturated heterocycles. The summed E-state index contributed by atoms with van der Waals surface area (Å²) < 4.78 is 4.97. The molecule has 2 nitrogen and oxygen atoms in total. The number of furan rings is 1. The third-order valence-electron chi connectivity index (χ3n) is 3.42. The molecule has 1 aliphatic carbocycles. The van der Waals surface area contributed by atoms with E-state index in [1.165, 1.54) is 25.7 Å². The van der Waals surface area contributed by atoms with Gasteiger partial charge in [0, 0.05) is 5.56 Å². The van der Waals surface area contributed by atoms with E-state index < -0.39 is 0 Å². The Balaban J connectivity index is 1.97. The summed E-state index contributed by atoms with van der Waals surface area (Å²) in [6.45, 7) is 2.28. The van der Waals surface area contributed by atoms with E-state index in [0.29, 0.717) is 5.41 Å². The average molecular weight is 194 g/mol. The normalized spacial score (nSPS) is 22.4. The van der Waals surface area contributed by atoms with Crippen molar-refractivity contribution >= 4 is 0 Å². The lowest BCUT2D eigenvalue weighted by atomic mass is 9.82. The molecule has 78 valence electrons. The second-order valence-corrected chi connectivity index (χ2v) is 4.79. The molecule has 1 saturated carbocycles. The zero-order chi connectivity index (χ0) is 10.0. The van der Waals surface area contributed by atoms with Crippen molar-refractivity contribution in [2.45, 2.75) is 45.1 Å². The SMILES string of the molecule is CC1(CC(O)c2ccoc2)CCCC1. The summed E-state index contributed by atoms with van der Waals surface area (Å²) in [5, 5.41) is 9.98. The van der Waals surface area contributed by atoms with Gasteiger partial charge in [-0.3, -0.25) is 0 Å². The Hall–Kier alpha value is -0.760. The fourth-order valence-electron chi connectivity index (χ4n) is 2.48. The van der Waals surface area contributed by atoms with Gasteiger partial charge in [0.05, 0.1) is 18.6 Å². The summed E-state index contributed by atoms with van der Waals surface area (Å²) in [6, 6.07) is 1.85. The maximum atomic E-state index is 9.98. The van der Waals surface area contributed by atoms with E-state index in [1.807, 2.05) is 6.07 Å². The van der Waals surface area contributed by atoms with Crippen LogP contribution in [0.3, 0.4) is 0 Å². The van der Waals surface area contributed by atoms with Gasteiger partial charge in [0.25, 0.3) is 0 Å². The van der Waals surface area contributed by atoms with Crippen LogP contribution in [-0.2, 0) is 0 Å². The fourth-order valence-corrected chi connectivity index (χ4v) is 2.48. The van der Waals surface area contributed by atoms with Crippen LogP contribution in [0.5, 0.6) is 0 Å². The number of rotatable bonds is 3. The molecule has 2 rings (SSSR count). The van der Waals surface area contributed by atoms with Crippen molar-refractivity contribution in [3.05, 3.63) is 24.2 Å². The van der Waals surface area contributed by atoms with Crippen LogP contribution in [0, 0.1) is 5.41 Å². The molecule has 1 aromatic heterocycles. The molecule has 0 bridgehead atoms. The summed E-state index contributed by atoms with van der Waals surface area (Å²) >= 11 is 0. The van der Waals surface area contributed by atoms with Crippen LogP contribution in [0.15, 0.2) is 23.0 Å². The zero-order valence-electron chi connectivity index (χ0n) is 8.70. The largest absolute Gasteiger partial charge is 0.472 e. The molecule has 1 heterocycles. The Morgan fingerprint density at radius 1 is 1.50 bits per heavy atom. The molecule has 1 unspecified atom stereocenters. The highest BCUT2D eigenvalue weighted by Gasteiger charge is 2.31. The van der Waals surface area contributed by atoms with Crippen LogP contribution in [0.2, 0.25) is 0 Å². The van der Waals surface area contributed by atoms with Gasteiger partial charge in [-0.2, -0.15) is 0 Å². The van der Waals surface area contributed by atoms with E-state index in [2.05, 4.69) is 6.92 Å². The maximum absolute atomic E-state index is 9.98. The lowest BCUT2D eigenvalue weighted by molar-refractivity contribution is 0.108. The lowest BCUT2D eigenvalue weighted by Crippen LogP contribution is -2.15. The first-order chi connectivity index (χ1) is 6.70. The fraction of sp³-hybridized carbons (Fsp3) is 0.667. The first-order valence-corrected chi connectivity index (χ1v) is 5.40. The molecule has 1 N–H and O–H groups in total. The van der Waals surface area contributed by atoms with Crippen molar-refractivity contribution in [1.82, 2.24) is 0 Å². The van der Waals surface area contributed by atoms with Crippen LogP contribution < -0.4 is 0 Å². The lowest BCUT2D eigenvalue weighted by Gasteiger charge is -2.25. The van der Waals surface area contributed by atoms with Crippen molar-refractivity contribution in [2.24, 2.45) is 5.41 Å². The van der Waals surface area contributed by atoms with Crippen molar-refractivity contribution in [3.8, 4) is 0 Å². The molecule has 0 amide bonds. The topological polar surface area (TPSA) is 33.4 Å². The summed E-state index contributed by atoms with van der Waals surface area (Å²) in [5.41, 5.74) is 1.26. The number of aliphatic hydroxyl groups excluding tert-OH is 1. The summed E-state index contributed by atoms with van der Waals surface area (Å²) in [6.07, 6.45) is 8.91. The molecule has 0 spiro atoms. The van der Waals surface area contributed by atoms with Gasteiger partial charge in [0.2, 0.25) is 0 Å². The van der Waals surface area contributed by atoms with Crippen molar-refractivity contribution in [1.29, 1.82) is 0 Å². The van der Waals surface area contributed by atoms with Gasteiger partial charge < -0.3 is 9.52 Å². The monoisotopic (exact) mass is 194 g/mol. The Morgan fingerprint density at radius 3 is 2.79 bits per heavy atom. The molecule has 1 fully saturated rings. The second-order valence-electron chi connectivity index (χ2n) is 4.79. The second kappa shape index (κ2) is 3.77. The van der Waals surface area contributed by atoms with Gasteiger partial charge in [-0.15, -0.1) is 0 Å². The molecule has 14 heavy (non-hydrogen) atoms. The van der Waals surface area contributed by atoms with Gasteiger partial charge in [-0.1, -0.05) is 19.8 Å². The number of hydrogen-bond donors (Lipinski definition) is 1. The number of hydrogen-bond acceptors (Lipinski definition) is 2.